The molecule has 2 aliphatic heterocycles. The summed E-state index contributed by atoms with van der Waals surface area (Å²) in [5.74, 6) is 1.51. The maximum atomic E-state index is 6.38. The Bertz CT molecular complexity index is 636. The fourth-order valence-corrected chi connectivity index (χ4v) is 5.29. The van der Waals surface area contributed by atoms with Crippen LogP contribution in [0.2, 0.25) is 0 Å². The predicted molar refractivity (Wildman–Crippen MR) is 115 cm³/mol. The lowest BCUT2D eigenvalue weighted by atomic mass is 9.78. The standard InChI is InChI=1S/C22H34BrN3O2/c1-22(2,16-3-8-24-9-4-16)26-11-6-18(7-12-26)27-19-14-20(15-19)28-21-13-17(23)5-10-25-21/h5,10,13,16,18-20,24H,3-4,6-9,11-12,14-15H2,1-2H3. The van der Waals surface area contributed by atoms with Crippen LogP contribution in [0.25, 0.3) is 0 Å². The molecule has 1 aliphatic carbocycles. The van der Waals surface area contributed by atoms with E-state index in [1.807, 2.05) is 12.1 Å². The Hall–Kier alpha value is -0.690. The molecule has 0 radical (unpaired) electrons. The van der Waals surface area contributed by atoms with Crippen molar-refractivity contribution in [3.63, 3.8) is 0 Å². The molecule has 2 saturated heterocycles. The minimum absolute atomic E-state index is 0.241. The third kappa shape index (κ3) is 4.89. The van der Waals surface area contributed by atoms with Crippen LogP contribution in [0.4, 0.5) is 0 Å². The topological polar surface area (TPSA) is 46.6 Å². The molecule has 4 rings (SSSR count). The molecule has 3 aliphatic rings. The number of pyridine rings is 1. The van der Waals surface area contributed by atoms with Gasteiger partial charge in [0.1, 0.15) is 6.10 Å². The summed E-state index contributed by atoms with van der Waals surface area (Å²) in [7, 11) is 0. The predicted octanol–water partition coefficient (Wildman–Crippen LogP) is 4.01. The maximum Gasteiger partial charge on any atom is 0.214 e. The first-order chi connectivity index (χ1) is 13.5. The Labute approximate surface area is 177 Å². The SMILES string of the molecule is CC(C)(C1CCNCC1)N1CCC(OC2CC(Oc3cc(Br)ccn3)C2)CC1. The molecule has 0 atom stereocenters. The van der Waals surface area contributed by atoms with Crippen LogP contribution in [-0.2, 0) is 4.74 Å². The Morgan fingerprint density at radius 1 is 1.07 bits per heavy atom. The van der Waals surface area contributed by atoms with Crippen LogP contribution in [0.15, 0.2) is 22.8 Å². The highest BCUT2D eigenvalue weighted by molar-refractivity contribution is 9.10. The highest BCUT2D eigenvalue weighted by Crippen LogP contribution is 2.35. The first-order valence-electron chi connectivity index (χ1n) is 10.9. The van der Waals surface area contributed by atoms with Crippen LogP contribution < -0.4 is 10.1 Å². The zero-order valence-electron chi connectivity index (χ0n) is 17.2. The molecule has 0 unspecified atom stereocenters. The number of ether oxygens (including phenoxy) is 2. The third-order valence-electron chi connectivity index (χ3n) is 7.02. The van der Waals surface area contributed by atoms with E-state index in [0.29, 0.717) is 23.6 Å². The molecule has 3 heterocycles. The van der Waals surface area contributed by atoms with Crippen molar-refractivity contribution in [2.45, 2.75) is 76.2 Å². The molecule has 1 N–H and O–H groups in total. The van der Waals surface area contributed by atoms with Crippen LogP contribution >= 0.6 is 15.9 Å². The number of hydrogen-bond acceptors (Lipinski definition) is 5. The second-order valence-electron chi connectivity index (χ2n) is 9.15. The Morgan fingerprint density at radius 3 is 2.46 bits per heavy atom. The van der Waals surface area contributed by atoms with Gasteiger partial charge < -0.3 is 14.8 Å². The molecule has 3 fully saturated rings. The molecular formula is C22H34BrN3O2. The molecule has 0 bridgehead atoms. The highest BCUT2D eigenvalue weighted by Gasteiger charge is 2.39. The molecular weight excluding hydrogens is 418 g/mol. The first kappa shape index (κ1) is 20.6. The quantitative estimate of drug-likeness (QED) is 0.707. The summed E-state index contributed by atoms with van der Waals surface area (Å²) in [6, 6.07) is 3.84. The van der Waals surface area contributed by atoms with Crippen LogP contribution in [0.3, 0.4) is 0 Å². The average molecular weight is 452 g/mol. The van der Waals surface area contributed by atoms with E-state index in [1.54, 1.807) is 6.20 Å². The van der Waals surface area contributed by atoms with Crippen LogP contribution in [0, 0.1) is 5.92 Å². The second-order valence-corrected chi connectivity index (χ2v) is 10.1. The van der Waals surface area contributed by atoms with Gasteiger partial charge in [-0.3, -0.25) is 4.90 Å². The minimum atomic E-state index is 0.241. The van der Waals surface area contributed by atoms with Crippen LogP contribution in [-0.4, -0.2) is 59.9 Å². The number of rotatable bonds is 6. The van der Waals surface area contributed by atoms with Gasteiger partial charge in [0.15, 0.2) is 0 Å². The summed E-state index contributed by atoms with van der Waals surface area (Å²) < 4.78 is 13.3. The van der Waals surface area contributed by atoms with Crippen LogP contribution in [0.5, 0.6) is 5.88 Å². The van der Waals surface area contributed by atoms with Crippen molar-refractivity contribution in [2.24, 2.45) is 5.92 Å². The largest absolute Gasteiger partial charge is 0.474 e. The molecule has 0 amide bonds. The van der Waals surface area contributed by atoms with Gasteiger partial charge in [-0.1, -0.05) is 15.9 Å². The number of nitrogens with one attached hydrogen (secondary N) is 1. The van der Waals surface area contributed by atoms with E-state index >= 15 is 0 Å². The zero-order chi connectivity index (χ0) is 19.6. The van der Waals surface area contributed by atoms with Crippen molar-refractivity contribution >= 4 is 15.9 Å². The van der Waals surface area contributed by atoms with Crippen LogP contribution in [0.1, 0.15) is 52.4 Å². The number of piperidine rings is 2. The monoisotopic (exact) mass is 451 g/mol. The summed E-state index contributed by atoms with van der Waals surface area (Å²) in [6.07, 6.45) is 9.66. The highest BCUT2D eigenvalue weighted by atomic mass is 79.9. The van der Waals surface area contributed by atoms with E-state index in [2.05, 4.69) is 45.0 Å². The summed E-state index contributed by atoms with van der Waals surface area (Å²) in [5, 5.41) is 3.50. The van der Waals surface area contributed by atoms with Crippen molar-refractivity contribution in [3.8, 4) is 5.88 Å². The van der Waals surface area contributed by atoms with E-state index in [9.17, 15) is 0 Å². The third-order valence-corrected chi connectivity index (χ3v) is 7.51. The first-order valence-corrected chi connectivity index (χ1v) is 11.7. The molecule has 5 nitrogen and oxygen atoms in total. The molecule has 0 spiro atoms. The van der Waals surface area contributed by atoms with Crippen molar-refractivity contribution in [2.75, 3.05) is 26.2 Å². The average Bonchev–Trinajstić information content (AvgIpc) is 2.67. The summed E-state index contributed by atoms with van der Waals surface area (Å²) in [5.41, 5.74) is 0.305. The molecule has 156 valence electrons. The lowest BCUT2D eigenvalue weighted by molar-refractivity contribution is -0.118. The summed E-state index contributed by atoms with van der Waals surface area (Å²) in [6.45, 7) is 9.58. The molecule has 1 aromatic rings. The Kier molecular flexibility index (Phi) is 6.60. The summed E-state index contributed by atoms with van der Waals surface area (Å²) in [4.78, 5) is 6.99. The molecule has 0 aromatic carbocycles. The number of halogens is 1. The Morgan fingerprint density at radius 2 is 1.79 bits per heavy atom. The zero-order valence-corrected chi connectivity index (χ0v) is 18.8. The van der Waals surface area contributed by atoms with Gasteiger partial charge in [-0.05, 0) is 64.6 Å². The van der Waals surface area contributed by atoms with Gasteiger partial charge in [0.05, 0.1) is 12.2 Å². The number of likely N-dealkylation sites (tertiary alicyclic amines) is 1. The maximum absolute atomic E-state index is 6.38. The molecule has 1 saturated carbocycles. The Balaban J connectivity index is 1.17. The van der Waals surface area contributed by atoms with Gasteiger partial charge in [0.2, 0.25) is 5.88 Å². The summed E-state index contributed by atoms with van der Waals surface area (Å²) >= 11 is 3.46. The van der Waals surface area contributed by atoms with Gasteiger partial charge in [-0.2, -0.15) is 0 Å². The second kappa shape index (κ2) is 8.99. The fraction of sp³-hybridized carbons (Fsp3) is 0.773. The van der Waals surface area contributed by atoms with Gasteiger partial charge >= 0.3 is 0 Å². The normalized spacial score (nSPS) is 28.1. The van der Waals surface area contributed by atoms with Crippen molar-refractivity contribution in [1.29, 1.82) is 0 Å². The van der Waals surface area contributed by atoms with E-state index < -0.39 is 0 Å². The van der Waals surface area contributed by atoms with Gasteiger partial charge in [-0.25, -0.2) is 4.98 Å². The van der Waals surface area contributed by atoms with Crippen molar-refractivity contribution < 1.29 is 9.47 Å². The lowest BCUT2D eigenvalue weighted by Gasteiger charge is -2.49. The van der Waals surface area contributed by atoms with Gasteiger partial charge in [0.25, 0.3) is 0 Å². The van der Waals surface area contributed by atoms with E-state index in [4.69, 9.17) is 9.47 Å². The fourth-order valence-electron chi connectivity index (χ4n) is 4.97. The van der Waals surface area contributed by atoms with Gasteiger partial charge in [0, 0.05) is 48.2 Å². The van der Waals surface area contributed by atoms with Gasteiger partial charge in [-0.15, -0.1) is 0 Å². The van der Waals surface area contributed by atoms with Crippen molar-refractivity contribution in [1.82, 2.24) is 15.2 Å². The number of hydrogen-bond donors (Lipinski definition) is 1. The minimum Gasteiger partial charge on any atom is -0.474 e. The lowest BCUT2D eigenvalue weighted by Crippen LogP contribution is -2.55. The number of aromatic nitrogens is 1. The number of nitrogens with zero attached hydrogens (tertiary/aromatic N) is 2. The van der Waals surface area contributed by atoms with Crippen molar-refractivity contribution in [3.05, 3.63) is 22.8 Å². The van der Waals surface area contributed by atoms with E-state index in [0.717, 1.165) is 49.2 Å². The van der Waals surface area contributed by atoms with E-state index in [1.165, 1.54) is 25.9 Å². The molecule has 28 heavy (non-hydrogen) atoms. The molecule has 6 heteroatoms. The molecule has 1 aromatic heterocycles. The smallest absolute Gasteiger partial charge is 0.214 e. The van der Waals surface area contributed by atoms with E-state index in [-0.39, 0.29) is 6.10 Å².